The molecule has 0 aliphatic carbocycles. The summed E-state index contributed by atoms with van der Waals surface area (Å²) in [4.78, 5) is 18.3. The molecule has 132 valence electrons. The Morgan fingerprint density at radius 1 is 0.778 bits per heavy atom. The highest BCUT2D eigenvalue weighted by Crippen LogP contribution is 2.18. The molecule has 2 aromatic carbocycles. The van der Waals surface area contributed by atoms with Gasteiger partial charge >= 0.3 is 0 Å². The van der Waals surface area contributed by atoms with Gasteiger partial charge in [0.1, 0.15) is 5.69 Å². The number of anilines is 1. The maximum atomic E-state index is 4.68. The minimum Gasteiger partial charge on any atom is -0.337 e. The van der Waals surface area contributed by atoms with Gasteiger partial charge in [0.15, 0.2) is 17.5 Å². The van der Waals surface area contributed by atoms with Gasteiger partial charge in [-0.1, -0.05) is 41.5 Å². The molecule has 0 fully saturated rings. The van der Waals surface area contributed by atoms with Crippen LogP contribution in [0.1, 0.15) is 16.8 Å². The SMILES string of the molecule is Cc1ccc(N=C2N=C(c3ccccn3)N=C2Nc2ccc(C)cc2)cc1. The highest BCUT2D eigenvalue weighted by atomic mass is 15.2. The first-order valence-electron chi connectivity index (χ1n) is 8.75. The molecule has 0 saturated carbocycles. The largest absolute Gasteiger partial charge is 0.337 e. The van der Waals surface area contributed by atoms with Gasteiger partial charge in [-0.2, -0.15) is 0 Å². The molecule has 1 N–H and O–H groups in total. The molecule has 0 bridgehead atoms. The predicted octanol–water partition coefficient (Wildman–Crippen LogP) is 4.70. The summed E-state index contributed by atoms with van der Waals surface area (Å²) in [5.41, 5.74) is 4.88. The van der Waals surface area contributed by atoms with Crippen molar-refractivity contribution < 1.29 is 0 Å². The third-order valence-electron chi connectivity index (χ3n) is 4.12. The van der Waals surface area contributed by atoms with Gasteiger partial charge in [0.25, 0.3) is 0 Å². The van der Waals surface area contributed by atoms with E-state index in [-0.39, 0.29) is 0 Å². The smallest absolute Gasteiger partial charge is 0.198 e. The number of nitrogens with zero attached hydrogens (tertiary/aromatic N) is 4. The fourth-order valence-corrected chi connectivity index (χ4v) is 2.62. The van der Waals surface area contributed by atoms with Crippen LogP contribution in [-0.2, 0) is 0 Å². The Kier molecular flexibility index (Phi) is 4.58. The van der Waals surface area contributed by atoms with E-state index in [0.717, 1.165) is 17.1 Å². The van der Waals surface area contributed by atoms with Gasteiger partial charge in [-0.15, -0.1) is 0 Å². The molecule has 0 saturated heterocycles. The third kappa shape index (κ3) is 3.98. The van der Waals surface area contributed by atoms with Crippen molar-refractivity contribution in [3.05, 3.63) is 89.7 Å². The molecule has 3 aromatic rings. The fraction of sp³-hybridized carbons (Fsp3) is 0.0909. The van der Waals surface area contributed by atoms with E-state index in [1.165, 1.54) is 11.1 Å². The van der Waals surface area contributed by atoms with E-state index in [0.29, 0.717) is 17.5 Å². The molecule has 0 spiro atoms. The number of aliphatic imine (C=N–C) groups is 3. The Morgan fingerprint density at radius 2 is 1.48 bits per heavy atom. The first-order valence-corrected chi connectivity index (χ1v) is 8.75. The molecule has 1 aliphatic rings. The Morgan fingerprint density at radius 3 is 2.15 bits per heavy atom. The van der Waals surface area contributed by atoms with Crippen molar-refractivity contribution in [3.63, 3.8) is 0 Å². The number of pyridine rings is 1. The molecule has 5 nitrogen and oxygen atoms in total. The third-order valence-corrected chi connectivity index (χ3v) is 4.12. The Labute approximate surface area is 158 Å². The summed E-state index contributed by atoms with van der Waals surface area (Å²) in [5, 5.41) is 3.33. The summed E-state index contributed by atoms with van der Waals surface area (Å²) < 4.78 is 0. The lowest BCUT2D eigenvalue weighted by Gasteiger charge is -2.06. The van der Waals surface area contributed by atoms with E-state index in [4.69, 9.17) is 0 Å². The second-order valence-corrected chi connectivity index (χ2v) is 6.37. The molecular formula is C22H19N5. The second kappa shape index (κ2) is 7.33. The summed E-state index contributed by atoms with van der Waals surface area (Å²) in [7, 11) is 0. The Bertz CT molecular complexity index is 1030. The highest BCUT2D eigenvalue weighted by Gasteiger charge is 2.20. The average Bonchev–Trinajstić information content (AvgIpc) is 3.08. The van der Waals surface area contributed by atoms with Crippen molar-refractivity contribution in [1.29, 1.82) is 0 Å². The number of hydrogen-bond donors (Lipinski definition) is 1. The number of hydrogen-bond acceptors (Lipinski definition) is 4. The zero-order valence-corrected chi connectivity index (χ0v) is 15.2. The lowest BCUT2D eigenvalue weighted by Crippen LogP contribution is -2.18. The number of nitrogens with one attached hydrogen (secondary N) is 1. The van der Waals surface area contributed by atoms with Gasteiger partial charge in [0, 0.05) is 11.9 Å². The van der Waals surface area contributed by atoms with Crippen molar-refractivity contribution in [2.45, 2.75) is 13.8 Å². The summed E-state index contributed by atoms with van der Waals surface area (Å²) in [6.45, 7) is 4.11. The highest BCUT2D eigenvalue weighted by molar-refractivity contribution is 6.51. The standard InChI is InChI=1S/C22H19N5/c1-15-6-10-17(11-7-15)24-21-22(25-18-12-8-16(2)9-13-18)27-20(26-21)19-5-3-4-14-23-19/h3-14H,1-2H3,(H,24,25,26,27). The van der Waals surface area contributed by atoms with E-state index in [9.17, 15) is 0 Å². The van der Waals surface area contributed by atoms with Crippen LogP contribution in [0.5, 0.6) is 0 Å². The van der Waals surface area contributed by atoms with Crippen LogP contribution in [0.15, 0.2) is 87.9 Å². The quantitative estimate of drug-likeness (QED) is 0.742. The zero-order chi connectivity index (χ0) is 18.6. The summed E-state index contributed by atoms with van der Waals surface area (Å²) in [6.07, 6.45) is 1.73. The van der Waals surface area contributed by atoms with Crippen LogP contribution >= 0.6 is 0 Å². The number of rotatable bonds is 3. The number of benzene rings is 2. The Hall–Kier alpha value is -3.60. The van der Waals surface area contributed by atoms with Crippen LogP contribution in [0.2, 0.25) is 0 Å². The van der Waals surface area contributed by atoms with Crippen molar-refractivity contribution >= 4 is 28.9 Å². The van der Waals surface area contributed by atoms with E-state index in [1.54, 1.807) is 6.20 Å². The lowest BCUT2D eigenvalue weighted by atomic mass is 10.2. The topological polar surface area (TPSA) is 62.0 Å². The van der Waals surface area contributed by atoms with Crippen LogP contribution in [-0.4, -0.2) is 22.5 Å². The molecule has 5 heteroatoms. The van der Waals surface area contributed by atoms with E-state index in [2.05, 4.69) is 51.3 Å². The lowest BCUT2D eigenvalue weighted by molar-refractivity contribution is 1.28. The number of aromatic nitrogens is 1. The van der Waals surface area contributed by atoms with Gasteiger partial charge in [-0.25, -0.2) is 15.0 Å². The van der Waals surface area contributed by atoms with Crippen molar-refractivity contribution in [1.82, 2.24) is 4.98 Å². The molecule has 0 unspecified atom stereocenters. The Balaban J connectivity index is 1.70. The molecule has 1 aromatic heterocycles. The van der Waals surface area contributed by atoms with Gasteiger partial charge in [0.2, 0.25) is 0 Å². The van der Waals surface area contributed by atoms with E-state index in [1.807, 2.05) is 54.6 Å². The molecular weight excluding hydrogens is 334 g/mol. The van der Waals surface area contributed by atoms with E-state index >= 15 is 0 Å². The van der Waals surface area contributed by atoms with Gasteiger partial charge in [-0.3, -0.25) is 4.98 Å². The van der Waals surface area contributed by atoms with Crippen LogP contribution < -0.4 is 5.32 Å². The molecule has 0 atom stereocenters. The summed E-state index contributed by atoms with van der Waals surface area (Å²) in [6, 6.07) is 21.8. The van der Waals surface area contributed by atoms with E-state index < -0.39 is 0 Å². The first kappa shape index (κ1) is 16.8. The minimum atomic E-state index is 0.542. The van der Waals surface area contributed by atoms with Crippen LogP contribution in [0.3, 0.4) is 0 Å². The van der Waals surface area contributed by atoms with Gasteiger partial charge in [-0.05, 0) is 50.2 Å². The predicted molar refractivity (Wildman–Crippen MR) is 111 cm³/mol. The average molecular weight is 353 g/mol. The fourth-order valence-electron chi connectivity index (χ4n) is 2.62. The molecule has 27 heavy (non-hydrogen) atoms. The van der Waals surface area contributed by atoms with Crippen molar-refractivity contribution in [2.75, 3.05) is 5.32 Å². The maximum absolute atomic E-state index is 4.68. The van der Waals surface area contributed by atoms with Crippen molar-refractivity contribution in [3.8, 4) is 0 Å². The molecule has 4 rings (SSSR count). The monoisotopic (exact) mass is 353 g/mol. The number of aryl methyl sites for hydroxylation is 2. The second-order valence-electron chi connectivity index (χ2n) is 6.37. The zero-order valence-electron chi connectivity index (χ0n) is 15.2. The molecule has 2 heterocycles. The molecule has 0 radical (unpaired) electrons. The normalized spacial score (nSPS) is 14.8. The van der Waals surface area contributed by atoms with Crippen LogP contribution in [0.4, 0.5) is 11.4 Å². The number of amidine groups is 3. The summed E-state index contributed by atoms with van der Waals surface area (Å²) in [5.74, 6) is 1.70. The minimum absolute atomic E-state index is 0.542. The maximum Gasteiger partial charge on any atom is 0.198 e. The molecule has 1 aliphatic heterocycles. The van der Waals surface area contributed by atoms with Gasteiger partial charge in [0.05, 0.1) is 5.69 Å². The van der Waals surface area contributed by atoms with Crippen LogP contribution in [0.25, 0.3) is 0 Å². The molecule has 0 amide bonds. The van der Waals surface area contributed by atoms with Crippen molar-refractivity contribution in [2.24, 2.45) is 15.0 Å². The van der Waals surface area contributed by atoms with Crippen LogP contribution in [0, 0.1) is 13.8 Å². The first-order chi connectivity index (χ1) is 13.2. The summed E-state index contributed by atoms with van der Waals surface area (Å²) >= 11 is 0. The van der Waals surface area contributed by atoms with Gasteiger partial charge < -0.3 is 5.32 Å².